The Morgan fingerprint density at radius 3 is 2.62 bits per heavy atom. The molecular weight excluding hydrogens is 297 g/mol. The van der Waals surface area contributed by atoms with Crippen LogP contribution in [0.2, 0.25) is 0 Å². The van der Waals surface area contributed by atoms with Crippen molar-refractivity contribution in [2.45, 2.75) is 17.7 Å². The monoisotopic (exact) mass is 311 g/mol. The van der Waals surface area contributed by atoms with Gasteiger partial charge in [-0.2, -0.15) is 4.31 Å². The van der Waals surface area contributed by atoms with Gasteiger partial charge in [-0.25, -0.2) is 17.6 Å². The van der Waals surface area contributed by atoms with Crippen LogP contribution < -0.4 is 0 Å². The molecule has 0 saturated heterocycles. The lowest BCUT2D eigenvalue weighted by Crippen LogP contribution is -2.34. The summed E-state index contributed by atoms with van der Waals surface area (Å²) in [6.45, 7) is 0.117. The Morgan fingerprint density at radius 1 is 1.48 bits per heavy atom. The maximum Gasteiger partial charge on any atom is 0.335 e. The van der Waals surface area contributed by atoms with Crippen LogP contribution in [0.25, 0.3) is 0 Å². The molecule has 2 rings (SSSR count). The molecule has 0 aromatic heterocycles. The number of carboxylic acids is 1. The third-order valence-electron chi connectivity index (χ3n) is 3.22. The van der Waals surface area contributed by atoms with E-state index in [4.69, 9.17) is 11.5 Å². The maximum absolute atomic E-state index is 13.9. The molecule has 0 radical (unpaired) electrons. The van der Waals surface area contributed by atoms with Crippen molar-refractivity contribution in [2.75, 3.05) is 13.1 Å². The van der Waals surface area contributed by atoms with Crippen molar-refractivity contribution in [1.29, 1.82) is 0 Å². The van der Waals surface area contributed by atoms with Crippen molar-refractivity contribution in [3.63, 3.8) is 0 Å². The Labute approximate surface area is 122 Å². The minimum absolute atomic E-state index is 0.140. The summed E-state index contributed by atoms with van der Waals surface area (Å²) in [5.41, 5.74) is -0.308. The van der Waals surface area contributed by atoms with Gasteiger partial charge in [-0.3, -0.25) is 0 Å². The molecule has 1 aromatic rings. The number of rotatable bonds is 6. The van der Waals surface area contributed by atoms with Crippen LogP contribution in [-0.2, 0) is 10.0 Å². The summed E-state index contributed by atoms with van der Waals surface area (Å²) in [6, 6.07) is 2.72. The molecule has 0 aliphatic heterocycles. The highest BCUT2D eigenvalue weighted by atomic mass is 32.2. The van der Waals surface area contributed by atoms with Gasteiger partial charge in [0.15, 0.2) is 0 Å². The van der Waals surface area contributed by atoms with Crippen molar-refractivity contribution in [1.82, 2.24) is 4.31 Å². The molecule has 0 bridgehead atoms. The largest absolute Gasteiger partial charge is 0.478 e. The fraction of sp³-hybridized carbons (Fsp3) is 0.357. The lowest BCUT2D eigenvalue weighted by Gasteiger charge is -2.20. The van der Waals surface area contributed by atoms with Gasteiger partial charge >= 0.3 is 5.97 Å². The van der Waals surface area contributed by atoms with Crippen molar-refractivity contribution >= 4 is 16.0 Å². The van der Waals surface area contributed by atoms with E-state index in [0.717, 1.165) is 29.3 Å². The maximum atomic E-state index is 13.9. The molecule has 1 aromatic carbocycles. The number of terminal acetylenes is 1. The molecule has 5 nitrogen and oxygen atoms in total. The van der Waals surface area contributed by atoms with Gasteiger partial charge in [-0.15, -0.1) is 6.42 Å². The lowest BCUT2D eigenvalue weighted by molar-refractivity contribution is 0.0696. The number of halogens is 1. The lowest BCUT2D eigenvalue weighted by atomic mass is 10.2. The highest BCUT2D eigenvalue weighted by molar-refractivity contribution is 7.89. The van der Waals surface area contributed by atoms with E-state index in [1.54, 1.807) is 0 Å². The van der Waals surface area contributed by atoms with E-state index in [9.17, 15) is 17.6 Å². The molecule has 1 N–H and O–H groups in total. The predicted molar refractivity (Wildman–Crippen MR) is 73.7 cm³/mol. The van der Waals surface area contributed by atoms with Crippen LogP contribution in [-0.4, -0.2) is 36.9 Å². The van der Waals surface area contributed by atoms with E-state index in [2.05, 4.69) is 5.92 Å². The number of nitrogens with zero attached hydrogens (tertiary/aromatic N) is 1. The van der Waals surface area contributed by atoms with Gasteiger partial charge in [0.2, 0.25) is 10.0 Å². The average molecular weight is 311 g/mol. The Kier molecular flexibility index (Phi) is 4.30. The summed E-state index contributed by atoms with van der Waals surface area (Å²) in [7, 11) is -4.07. The van der Waals surface area contributed by atoms with Gasteiger partial charge in [0.1, 0.15) is 10.7 Å². The summed E-state index contributed by atoms with van der Waals surface area (Å²) in [4.78, 5) is 10.2. The zero-order valence-electron chi connectivity index (χ0n) is 11.1. The molecule has 1 aliphatic carbocycles. The molecule has 1 aliphatic rings. The van der Waals surface area contributed by atoms with Crippen molar-refractivity contribution in [2.24, 2.45) is 5.92 Å². The Balaban J connectivity index is 2.37. The second-order valence-corrected chi connectivity index (χ2v) is 6.80. The van der Waals surface area contributed by atoms with Crippen molar-refractivity contribution < 1.29 is 22.7 Å². The van der Waals surface area contributed by atoms with E-state index in [1.807, 2.05) is 0 Å². The summed E-state index contributed by atoms with van der Waals surface area (Å²) in [5, 5.41) is 8.77. The number of carboxylic acid groups (broad SMARTS) is 1. The zero-order valence-corrected chi connectivity index (χ0v) is 11.9. The van der Waals surface area contributed by atoms with Gasteiger partial charge in [0, 0.05) is 6.54 Å². The van der Waals surface area contributed by atoms with Gasteiger partial charge < -0.3 is 5.11 Å². The standard InChI is InChI=1S/C14H14FNO4S/c1-2-7-16(9-10-3-4-10)21(19,20)13-6-5-11(14(17)18)8-12(13)15/h1,5-6,8,10H,3-4,7,9H2,(H,17,18). The number of sulfonamides is 1. The van der Waals surface area contributed by atoms with Crippen LogP contribution in [0.15, 0.2) is 23.1 Å². The van der Waals surface area contributed by atoms with Gasteiger partial charge in [0.05, 0.1) is 12.1 Å². The third-order valence-corrected chi connectivity index (χ3v) is 5.07. The van der Waals surface area contributed by atoms with Gasteiger partial charge in [-0.05, 0) is 37.0 Å². The zero-order chi connectivity index (χ0) is 15.6. The molecule has 1 fully saturated rings. The number of hydrogen-bond acceptors (Lipinski definition) is 3. The summed E-state index contributed by atoms with van der Waals surface area (Å²) in [6.07, 6.45) is 7.03. The smallest absolute Gasteiger partial charge is 0.335 e. The van der Waals surface area contributed by atoms with Crippen molar-refractivity contribution in [3.8, 4) is 12.3 Å². The first kappa shape index (κ1) is 15.5. The van der Waals surface area contributed by atoms with Crippen LogP contribution in [0.3, 0.4) is 0 Å². The number of benzene rings is 1. The minimum atomic E-state index is -4.07. The SMILES string of the molecule is C#CCN(CC1CC1)S(=O)(=O)c1ccc(C(=O)O)cc1F. The second kappa shape index (κ2) is 5.84. The number of carbonyl (C=O) groups is 1. The van der Waals surface area contributed by atoms with Crippen LogP contribution >= 0.6 is 0 Å². The van der Waals surface area contributed by atoms with Crippen LogP contribution in [0.4, 0.5) is 4.39 Å². The Morgan fingerprint density at radius 2 is 2.14 bits per heavy atom. The van der Waals surface area contributed by atoms with Gasteiger partial charge in [-0.1, -0.05) is 5.92 Å². The van der Waals surface area contributed by atoms with Crippen LogP contribution in [0, 0.1) is 24.1 Å². The molecular formula is C14H14FNO4S. The van der Waals surface area contributed by atoms with Crippen LogP contribution in [0.1, 0.15) is 23.2 Å². The Hall–Kier alpha value is -1.91. The number of hydrogen-bond donors (Lipinski definition) is 1. The van der Waals surface area contributed by atoms with E-state index in [1.165, 1.54) is 0 Å². The topological polar surface area (TPSA) is 74.7 Å². The van der Waals surface area contributed by atoms with E-state index >= 15 is 0 Å². The quantitative estimate of drug-likeness (QED) is 0.809. The first-order chi connectivity index (χ1) is 9.86. The fourth-order valence-corrected chi connectivity index (χ4v) is 3.40. The molecule has 1 saturated carbocycles. The summed E-state index contributed by atoms with van der Waals surface area (Å²) in [5.74, 6) is 0.102. The van der Waals surface area contributed by atoms with Gasteiger partial charge in [0.25, 0.3) is 0 Å². The summed E-state index contributed by atoms with van der Waals surface area (Å²) >= 11 is 0. The molecule has 0 spiro atoms. The van der Waals surface area contributed by atoms with Crippen LogP contribution in [0.5, 0.6) is 0 Å². The minimum Gasteiger partial charge on any atom is -0.478 e. The summed E-state index contributed by atoms with van der Waals surface area (Å²) < 4.78 is 39.9. The van der Waals surface area contributed by atoms with E-state index in [-0.39, 0.29) is 24.6 Å². The normalized spacial score (nSPS) is 14.9. The Bertz CT molecular complexity index is 704. The predicted octanol–water partition coefficient (Wildman–Crippen LogP) is 1.56. The molecule has 0 amide bonds. The molecule has 112 valence electrons. The molecule has 0 heterocycles. The van der Waals surface area contributed by atoms with Crippen molar-refractivity contribution in [3.05, 3.63) is 29.6 Å². The molecule has 21 heavy (non-hydrogen) atoms. The first-order valence-corrected chi connectivity index (χ1v) is 7.76. The fourth-order valence-electron chi connectivity index (χ4n) is 1.92. The second-order valence-electron chi connectivity index (χ2n) is 4.90. The highest BCUT2D eigenvalue weighted by Crippen LogP contribution is 2.32. The third kappa shape index (κ3) is 3.40. The van der Waals surface area contributed by atoms with E-state index < -0.39 is 26.7 Å². The average Bonchev–Trinajstić information content (AvgIpc) is 3.21. The molecule has 7 heteroatoms. The molecule has 0 unspecified atom stereocenters. The highest BCUT2D eigenvalue weighted by Gasteiger charge is 2.33. The molecule has 0 atom stereocenters. The van der Waals surface area contributed by atoms with E-state index in [0.29, 0.717) is 6.07 Å². The number of aromatic carboxylic acids is 1. The first-order valence-electron chi connectivity index (χ1n) is 6.32.